The van der Waals surface area contributed by atoms with Gasteiger partial charge < -0.3 is 14.8 Å². The Kier molecular flexibility index (Phi) is 4.58. The van der Waals surface area contributed by atoms with Crippen LogP contribution in [0.15, 0.2) is 12.1 Å². The summed E-state index contributed by atoms with van der Waals surface area (Å²) >= 11 is 6.01. The Hall–Kier alpha value is -1.26. The summed E-state index contributed by atoms with van der Waals surface area (Å²) in [6.45, 7) is 0.211. The third-order valence-electron chi connectivity index (χ3n) is 2.10. The Morgan fingerprint density at radius 1 is 1.38 bits per heavy atom. The quantitative estimate of drug-likeness (QED) is 0.801. The molecule has 0 saturated heterocycles. The van der Waals surface area contributed by atoms with Gasteiger partial charge in [0.25, 0.3) is 0 Å². The van der Waals surface area contributed by atoms with Crippen LogP contribution in [0.1, 0.15) is 10.4 Å². The minimum atomic E-state index is -0.119. The van der Waals surface area contributed by atoms with Gasteiger partial charge in [-0.3, -0.25) is 4.79 Å². The molecule has 0 bridgehead atoms. The van der Waals surface area contributed by atoms with Gasteiger partial charge in [-0.25, -0.2) is 0 Å². The smallest absolute Gasteiger partial charge is 0.181 e. The number of hydrogen-bond donors (Lipinski definition) is 1. The number of nitrogens with one attached hydrogen (secondary N) is 1. The van der Waals surface area contributed by atoms with Crippen LogP contribution in [0.25, 0.3) is 0 Å². The molecule has 0 aliphatic rings. The van der Waals surface area contributed by atoms with E-state index in [-0.39, 0.29) is 12.3 Å². The predicted molar refractivity (Wildman–Crippen MR) is 62.8 cm³/mol. The Morgan fingerprint density at radius 3 is 2.56 bits per heavy atom. The molecule has 16 heavy (non-hydrogen) atoms. The van der Waals surface area contributed by atoms with Gasteiger partial charge in [0.1, 0.15) is 11.5 Å². The SMILES string of the molecule is CNCC(=O)c1c(Cl)cc(OC)cc1OC. The normalized spacial score (nSPS) is 10.0. The molecular weight excluding hydrogens is 230 g/mol. The summed E-state index contributed by atoms with van der Waals surface area (Å²) in [6.07, 6.45) is 0. The molecule has 0 heterocycles. The standard InChI is InChI=1S/C11H14ClNO3/c1-13-6-9(14)11-8(12)4-7(15-2)5-10(11)16-3/h4-5,13H,6H2,1-3H3. The number of halogens is 1. The molecule has 1 aromatic rings. The average Bonchev–Trinajstić information content (AvgIpc) is 2.27. The molecule has 0 spiro atoms. The topological polar surface area (TPSA) is 47.6 Å². The molecule has 88 valence electrons. The zero-order chi connectivity index (χ0) is 12.1. The lowest BCUT2D eigenvalue weighted by Gasteiger charge is -2.11. The Balaban J connectivity index is 3.21. The van der Waals surface area contributed by atoms with Crippen molar-refractivity contribution in [1.82, 2.24) is 5.32 Å². The monoisotopic (exact) mass is 243 g/mol. The maximum Gasteiger partial charge on any atom is 0.181 e. The molecule has 4 nitrogen and oxygen atoms in total. The Bertz CT molecular complexity index is 393. The number of likely N-dealkylation sites (N-methyl/N-ethyl adjacent to an activating group) is 1. The zero-order valence-electron chi connectivity index (χ0n) is 9.46. The van der Waals surface area contributed by atoms with E-state index in [2.05, 4.69) is 5.32 Å². The minimum Gasteiger partial charge on any atom is -0.497 e. The molecule has 0 aliphatic carbocycles. The van der Waals surface area contributed by atoms with Crippen LogP contribution in [0.4, 0.5) is 0 Å². The summed E-state index contributed by atoms with van der Waals surface area (Å²) in [5, 5.41) is 3.11. The van der Waals surface area contributed by atoms with E-state index in [9.17, 15) is 4.79 Å². The van der Waals surface area contributed by atoms with Gasteiger partial charge in [-0.15, -0.1) is 0 Å². The molecule has 1 rings (SSSR count). The first-order valence-corrected chi connectivity index (χ1v) is 5.11. The van der Waals surface area contributed by atoms with Crippen LogP contribution in [0.3, 0.4) is 0 Å². The van der Waals surface area contributed by atoms with Crippen molar-refractivity contribution in [2.75, 3.05) is 27.8 Å². The van der Waals surface area contributed by atoms with E-state index >= 15 is 0 Å². The maximum atomic E-state index is 11.8. The fourth-order valence-electron chi connectivity index (χ4n) is 1.36. The molecule has 5 heteroatoms. The molecule has 0 amide bonds. The van der Waals surface area contributed by atoms with Gasteiger partial charge in [0, 0.05) is 6.07 Å². The van der Waals surface area contributed by atoms with E-state index in [1.54, 1.807) is 19.2 Å². The van der Waals surface area contributed by atoms with Crippen molar-refractivity contribution in [3.05, 3.63) is 22.7 Å². The predicted octanol–water partition coefficient (Wildman–Crippen LogP) is 1.76. The summed E-state index contributed by atoms with van der Waals surface area (Å²) < 4.78 is 10.2. The first-order chi connectivity index (χ1) is 7.63. The Morgan fingerprint density at radius 2 is 2.06 bits per heavy atom. The maximum absolute atomic E-state index is 11.8. The van der Waals surface area contributed by atoms with Crippen LogP contribution in [-0.2, 0) is 0 Å². The van der Waals surface area contributed by atoms with Gasteiger partial charge in [-0.1, -0.05) is 11.6 Å². The van der Waals surface area contributed by atoms with Crippen molar-refractivity contribution >= 4 is 17.4 Å². The van der Waals surface area contributed by atoms with Crippen LogP contribution >= 0.6 is 11.6 Å². The molecule has 1 N–H and O–H groups in total. The molecule has 0 radical (unpaired) electrons. The number of carbonyl (C=O) groups excluding carboxylic acids is 1. The van der Waals surface area contributed by atoms with Crippen molar-refractivity contribution in [2.24, 2.45) is 0 Å². The van der Waals surface area contributed by atoms with E-state index < -0.39 is 0 Å². The van der Waals surface area contributed by atoms with Crippen LogP contribution in [0, 0.1) is 0 Å². The third-order valence-corrected chi connectivity index (χ3v) is 2.40. The lowest BCUT2D eigenvalue weighted by Crippen LogP contribution is -2.19. The highest BCUT2D eigenvalue weighted by atomic mass is 35.5. The lowest BCUT2D eigenvalue weighted by molar-refractivity contribution is 0.0991. The number of ketones is 1. The van der Waals surface area contributed by atoms with Crippen molar-refractivity contribution < 1.29 is 14.3 Å². The molecule has 0 fully saturated rings. The summed E-state index contributed by atoms with van der Waals surface area (Å²) in [6, 6.07) is 3.22. The summed E-state index contributed by atoms with van der Waals surface area (Å²) in [7, 11) is 4.71. The summed E-state index contributed by atoms with van der Waals surface area (Å²) in [5.74, 6) is 0.861. The fraction of sp³-hybridized carbons (Fsp3) is 0.364. The van der Waals surface area contributed by atoms with Crippen molar-refractivity contribution in [3.8, 4) is 11.5 Å². The fourth-order valence-corrected chi connectivity index (χ4v) is 1.66. The average molecular weight is 244 g/mol. The van der Waals surface area contributed by atoms with E-state index in [0.29, 0.717) is 22.1 Å². The van der Waals surface area contributed by atoms with Crippen LogP contribution in [0.5, 0.6) is 11.5 Å². The zero-order valence-corrected chi connectivity index (χ0v) is 10.2. The van der Waals surface area contributed by atoms with Gasteiger partial charge in [0.15, 0.2) is 5.78 Å². The first-order valence-electron chi connectivity index (χ1n) is 4.73. The van der Waals surface area contributed by atoms with Crippen LogP contribution in [0.2, 0.25) is 5.02 Å². The second-order valence-electron chi connectivity index (χ2n) is 3.14. The number of hydrogen-bond acceptors (Lipinski definition) is 4. The first kappa shape index (κ1) is 12.8. The van der Waals surface area contributed by atoms with Gasteiger partial charge in [0.2, 0.25) is 0 Å². The van der Waals surface area contributed by atoms with Crippen LogP contribution < -0.4 is 14.8 Å². The number of rotatable bonds is 5. The van der Waals surface area contributed by atoms with Crippen molar-refractivity contribution in [1.29, 1.82) is 0 Å². The Labute approximate surface area is 99.5 Å². The molecule has 0 atom stereocenters. The number of ether oxygens (including phenoxy) is 2. The molecule has 0 saturated carbocycles. The highest BCUT2D eigenvalue weighted by molar-refractivity contribution is 6.34. The molecule has 0 aromatic heterocycles. The van der Waals surface area contributed by atoms with E-state index in [0.717, 1.165) is 0 Å². The summed E-state index contributed by atoms with van der Waals surface area (Å²) in [4.78, 5) is 11.8. The van der Waals surface area contributed by atoms with E-state index in [1.165, 1.54) is 14.2 Å². The molecular formula is C11H14ClNO3. The molecule has 1 aromatic carbocycles. The lowest BCUT2D eigenvalue weighted by atomic mass is 10.1. The molecule has 0 aliphatic heterocycles. The van der Waals surface area contributed by atoms with E-state index in [1.807, 2.05) is 0 Å². The minimum absolute atomic E-state index is 0.119. The second kappa shape index (κ2) is 5.72. The highest BCUT2D eigenvalue weighted by Gasteiger charge is 2.17. The van der Waals surface area contributed by atoms with Crippen LogP contribution in [-0.4, -0.2) is 33.6 Å². The van der Waals surface area contributed by atoms with Gasteiger partial charge in [-0.2, -0.15) is 0 Å². The summed E-state index contributed by atoms with van der Waals surface area (Å²) in [5.41, 5.74) is 0.374. The van der Waals surface area contributed by atoms with E-state index in [4.69, 9.17) is 21.1 Å². The second-order valence-corrected chi connectivity index (χ2v) is 3.55. The number of Topliss-reactive ketones (excluding diaryl/α,β-unsaturated/α-hetero) is 1. The highest BCUT2D eigenvalue weighted by Crippen LogP contribution is 2.32. The molecule has 0 unspecified atom stereocenters. The largest absolute Gasteiger partial charge is 0.497 e. The van der Waals surface area contributed by atoms with Gasteiger partial charge in [-0.05, 0) is 13.1 Å². The van der Waals surface area contributed by atoms with Crippen molar-refractivity contribution in [3.63, 3.8) is 0 Å². The van der Waals surface area contributed by atoms with Crippen molar-refractivity contribution in [2.45, 2.75) is 0 Å². The number of benzene rings is 1. The number of carbonyl (C=O) groups is 1. The van der Waals surface area contributed by atoms with Gasteiger partial charge in [0.05, 0.1) is 31.4 Å². The third kappa shape index (κ3) is 2.65. The van der Waals surface area contributed by atoms with Gasteiger partial charge >= 0.3 is 0 Å². The number of methoxy groups -OCH3 is 2.